The van der Waals surface area contributed by atoms with Crippen LogP contribution in [0.1, 0.15) is 30.7 Å². The quantitative estimate of drug-likeness (QED) is 0.745. The Morgan fingerprint density at radius 1 is 1.34 bits per heavy atom. The van der Waals surface area contributed by atoms with E-state index >= 15 is 0 Å². The molecule has 0 aliphatic carbocycles. The minimum Gasteiger partial charge on any atom is -0.370 e. The summed E-state index contributed by atoms with van der Waals surface area (Å²) in [6, 6.07) is 0. The van der Waals surface area contributed by atoms with Crippen molar-refractivity contribution in [3.8, 4) is 0 Å². The average Bonchev–Trinajstić information content (AvgIpc) is 3.10. The van der Waals surface area contributed by atoms with Crippen molar-refractivity contribution in [2.75, 3.05) is 39.4 Å². The lowest BCUT2D eigenvalue weighted by Crippen LogP contribution is -2.53. The monoisotopic (exact) mass is 403 g/mol. The summed E-state index contributed by atoms with van der Waals surface area (Å²) in [7, 11) is 0. The second kappa shape index (κ2) is 8.33. The number of morpholine rings is 1. The summed E-state index contributed by atoms with van der Waals surface area (Å²) >= 11 is 0. The number of primary amides is 1. The third-order valence-corrected chi connectivity index (χ3v) is 6.03. The fraction of sp³-hybridized carbons (Fsp3) is 0.700. The topological polar surface area (TPSA) is 111 Å². The van der Waals surface area contributed by atoms with Gasteiger partial charge in [-0.05, 0) is 19.8 Å². The van der Waals surface area contributed by atoms with Gasteiger partial charge in [-0.3, -0.25) is 24.5 Å². The molecule has 3 fully saturated rings. The van der Waals surface area contributed by atoms with E-state index in [0.717, 1.165) is 30.8 Å². The Morgan fingerprint density at radius 3 is 3.00 bits per heavy atom. The van der Waals surface area contributed by atoms with E-state index in [0.29, 0.717) is 45.8 Å². The summed E-state index contributed by atoms with van der Waals surface area (Å²) < 4.78 is 12.0. The number of aromatic nitrogens is 2. The summed E-state index contributed by atoms with van der Waals surface area (Å²) in [5, 5.41) is 0. The van der Waals surface area contributed by atoms with Crippen LogP contribution in [0.3, 0.4) is 0 Å². The fourth-order valence-corrected chi connectivity index (χ4v) is 4.57. The second-order valence-corrected chi connectivity index (χ2v) is 8.42. The van der Waals surface area contributed by atoms with Crippen LogP contribution >= 0.6 is 0 Å². The summed E-state index contributed by atoms with van der Waals surface area (Å²) in [4.78, 5) is 37.2. The molecule has 4 heterocycles. The standard InChI is InChI=1S/C20H29N5O4/c1-14-8-22-9-16(23-14)11-24-5-6-29-20(12-24)7-17(28-13-20)19(27)25-4-2-3-15(10-25)18(21)26/h8-9,15,17H,2-7,10-13H2,1H3,(H2,21,26). The van der Waals surface area contributed by atoms with E-state index in [-0.39, 0.29) is 17.7 Å². The van der Waals surface area contributed by atoms with Gasteiger partial charge in [0.25, 0.3) is 5.91 Å². The van der Waals surface area contributed by atoms with Crippen molar-refractivity contribution in [2.24, 2.45) is 11.7 Å². The largest absolute Gasteiger partial charge is 0.370 e. The van der Waals surface area contributed by atoms with Crippen LogP contribution in [-0.2, 0) is 25.6 Å². The van der Waals surface area contributed by atoms with Gasteiger partial charge < -0.3 is 20.1 Å². The zero-order valence-corrected chi connectivity index (χ0v) is 16.9. The third-order valence-electron chi connectivity index (χ3n) is 6.03. The van der Waals surface area contributed by atoms with Crippen LogP contribution in [0.2, 0.25) is 0 Å². The zero-order valence-electron chi connectivity index (χ0n) is 16.9. The van der Waals surface area contributed by atoms with Gasteiger partial charge in [-0.2, -0.15) is 0 Å². The van der Waals surface area contributed by atoms with Gasteiger partial charge in [-0.1, -0.05) is 0 Å². The highest BCUT2D eigenvalue weighted by atomic mass is 16.6. The zero-order chi connectivity index (χ0) is 20.4. The predicted octanol–water partition coefficient (Wildman–Crippen LogP) is -0.131. The number of hydrogen-bond donors (Lipinski definition) is 1. The van der Waals surface area contributed by atoms with Crippen molar-refractivity contribution in [3.63, 3.8) is 0 Å². The molecule has 0 saturated carbocycles. The molecule has 3 aliphatic rings. The molecule has 3 unspecified atom stereocenters. The smallest absolute Gasteiger partial charge is 0.251 e. The molecule has 158 valence electrons. The van der Waals surface area contributed by atoms with Crippen molar-refractivity contribution in [3.05, 3.63) is 23.8 Å². The number of nitrogens with zero attached hydrogens (tertiary/aromatic N) is 4. The molecule has 1 aromatic rings. The number of hydrogen-bond acceptors (Lipinski definition) is 7. The number of carbonyl (C=O) groups is 2. The van der Waals surface area contributed by atoms with Crippen molar-refractivity contribution in [1.29, 1.82) is 0 Å². The van der Waals surface area contributed by atoms with Crippen LogP contribution in [0.15, 0.2) is 12.4 Å². The van der Waals surface area contributed by atoms with Crippen LogP contribution in [0.25, 0.3) is 0 Å². The summed E-state index contributed by atoms with van der Waals surface area (Å²) in [5.41, 5.74) is 6.79. The highest BCUT2D eigenvalue weighted by molar-refractivity contribution is 5.83. The normalized spacial score (nSPS) is 30.6. The van der Waals surface area contributed by atoms with E-state index in [4.69, 9.17) is 15.2 Å². The van der Waals surface area contributed by atoms with E-state index in [1.54, 1.807) is 17.3 Å². The number of likely N-dealkylation sites (tertiary alicyclic amines) is 1. The SMILES string of the molecule is Cc1cncc(CN2CCOC3(COC(C(=O)N4CCCC(C(N)=O)C4)C3)C2)n1. The Labute approximate surface area is 170 Å². The lowest BCUT2D eigenvalue weighted by atomic mass is 9.94. The number of nitrogens with two attached hydrogens (primary N) is 1. The number of aryl methyl sites for hydroxylation is 1. The summed E-state index contributed by atoms with van der Waals surface area (Å²) in [6.45, 7) is 6.16. The molecule has 2 amide bonds. The summed E-state index contributed by atoms with van der Waals surface area (Å²) in [6.07, 6.45) is 5.07. The number of amides is 2. The Hall–Kier alpha value is -2.10. The maximum atomic E-state index is 13.0. The van der Waals surface area contributed by atoms with Gasteiger partial charge in [0.2, 0.25) is 5.91 Å². The first-order valence-corrected chi connectivity index (χ1v) is 10.3. The van der Waals surface area contributed by atoms with Crippen molar-refractivity contribution >= 4 is 11.8 Å². The van der Waals surface area contributed by atoms with Gasteiger partial charge in [-0.15, -0.1) is 0 Å². The predicted molar refractivity (Wildman–Crippen MR) is 104 cm³/mol. The van der Waals surface area contributed by atoms with E-state index in [1.807, 2.05) is 6.92 Å². The first-order valence-electron chi connectivity index (χ1n) is 10.3. The molecule has 0 aromatic carbocycles. The van der Waals surface area contributed by atoms with Gasteiger partial charge in [-0.25, -0.2) is 0 Å². The molecule has 3 saturated heterocycles. The molecule has 0 bridgehead atoms. The highest BCUT2D eigenvalue weighted by Gasteiger charge is 2.48. The third kappa shape index (κ3) is 4.57. The Kier molecular flexibility index (Phi) is 5.80. The van der Waals surface area contributed by atoms with Crippen molar-refractivity contribution in [1.82, 2.24) is 19.8 Å². The molecule has 1 aromatic heterocycles. The van der Waals surface area contributed by atoms with Crippen LogP contribution in [-0.4, -0.2) is 82.7 Å². The maximum absolute atomic E-state index is 13.0. The second-order valence-electron chi connectivity index (χ2n) is 8.42. The maximum Gasteiger partial charge on any atom is 0.251 e. The molecule has 3 aliphatic heterocycles. The molecule has 2 N–H and O–H groups in total. The molecule has 0 radical (unpaired) electrons. The summed E-state index contributed by atoms with van der Waals surface area (Å²) in [5.74, 6) is -0.658. The molecular formula is C20H29N5O4. The molecule has 9 heteroatoms. The van der Waals surface area contributed by atoms with E-state index in [9.17, 15) is 9.59 Å². The number of piperidine rings is 1. The Balaban J connectivity index is 1.36. The molecule has 9 nitrogen and oxygen atoms in total. The van der Waals surface area contributed by atoms with Gasteiger partial charge in [0.05, 0.1) is 30.5 Å². The van der Waals surface area contributed by atoms with E-state index in [1.165, 1.54) is 0 Å². The van der Waals surface area contributed by atoms with Crippen molar-refractivity contribution < 1.29 is 19.1 Å². The highest BCUT2D eigenvalue weighted by Crippen LogP contribution is 2.33. The average molecular weight is 403 g/mol. The van der Waals surface area contributed by atoms with E-state index < -0.39 is 11.7 Å². The van der Waals surface area contributed by atoms with Gasteiger partial charge in [0, 0.05) is 51.5 Å². The van der Waals surface area contributed by atoms with Gasteiger partial charge in [0.15, 0.2) is 0 Å². The van der Waals surface area contributed by atoms with Gasteiger partial charge >= 0.3 is 0 Å². The molecule has 4 rings (SSSR count). The van der Waals surface area contributed by atoms with Crippen LogP contribution < -0.4 is 5.73 Å². The molecule has 1 spiro atoms. The van der Waals surface area contributed by atoms with Crippen LogP contribution in [0.5, 0.6) is 0 Å². The minimum atomic E-state index is -0.527. The van der Waals surface area contributed by atoms with Crippen molar-refractivity contribution in [2.45, 2.75) is 44.4 Å². The van der Waals surface area contributed by atoms with Crippen LogP contribution in [0.4, 0.5) is 0 Å². The first kappa shape index (κ1) is 20.2. The lowest BCUT2D eigenvalue weighted by molar-refractivity contribution is -0.143. The number of rotatable bonds is 4. The fourth-order valence-electron chi connectivity index (χ4n) is 4.57. The Morgan fingerprint density at radius 2 is 2.21 bits per heavy atom. The Bertz CT molecular complexity index is 775. The first-order chi connectivity index (χ1) is 13.9. The molecular weight excluding hydrogens is 374 g/mol. The van der Waals surface area contributed by atoms with Gasteiger partial charge in [0.1, 0.15) is 11.7 Å². The minimum absolute atomic E-state index is 0.0573. The van der Waals surface area contributed by atoms with Crippen LogP contribution in [0, 0.1) is 12.8 Å². The van der Waals surface area contributed by atoms with E-state index in [2.05, 4.69) is 14.9 Å². The lowest BCUT2D eigenvalue weighted by Gasteiger charge is -2.39. The molecule has 3 atom stereocenters. The number of ether oxygens (including phenoxy) is 2. The number of carbonyl (C=O) groups excluding carboxylic acids is 2. The molecule has 29 heavy (non-hydrogen) atoms.